The molecule has 2 fully saturated rings. The maximum Gasteiger partial charge on any atom is 0.146 e. The standard InChI is InChI=1S/C22H33N5/c1-17-6-7-20(18(2)14-17)15-27-12-8-19(9-13-27)22-24-23-21(25(22)3)16-26-10-4-5-11-26/h6-7,14,19H,4-5,8-13,15-16H2,1-3H3. The molecular formula is C22H33N5. The van der Waals surface area contributed by atoms with E-state index in [-0.39, 0.29) is 0 Å². The quantitative estimate of drug-likeness (QED) is 0.812. The van der Waals surface area contributed by atoms with Crippen LogP contribution in [0.4, 0.5) is 0 Å². The van der Waals surface area contributed by atoms with Crippen LogP contribution in [0.2, 0.25) is 0 Å². The molecule has 0 amide bonds. The lowest BCUT2D eigenvalue weighted by Crippen LogP contribution is -2.33. The van der Waals surface area contributed by atoms with Crippen LogP contribution in [0.3, 0.4) is 0 Å². The van der Waals surface area contributed by atoms with Gasteiger partial charge in [0.2, 0.25) is 0 Å². The first-order valence-electron chi connectivity index (χ1n) is 10.5. The van der Waals surface area contributed by atoms with Gasteiger partial charge in [0.15, 0.2) is 0 Å². The summed E-state index contributed by atoms with van der Waals surface area (Å²) in [6.45, 7) is 11.1. The summed E-state index contributed by atoms with van der Waals surface area (Å²) >= 11 is 0. The number of benzene rings is 1. The van der Waals surface area contributed by atoms with Crippen LogP contribution in [0.25, 0.3) is 0 Å². The Morgan fingerprint density at radius 3 is 2.33 bits per heavy atom. The van der Waals surface area contributed by atoms with Gasteiger partial charge in [-0.1, -0.05) is 23.8 Å². The molecule has 0 saturated carbocycles. The van der Waals surface area contributed by atoms with Gasteiger partial charge in [0.05, 0.1) is 6.54 Å². The third kappa shape index (κ3) is 4.25. The molecule has 2 saturated heterocycles. The van der Waals surface area contributed by atoms with E-state index in [9.17, 15) is 0 Å². The average Bonchev–Trinajstić information content (AvgIpc) is 3.29. The minimum absolute atomic E-state index is 0.546. The number of likely N-dealkylation sites (tertiary alicyclic amines) is 2. The second-order valence-electron chi connectivity index (χ2n) is 8.50. The highest BCUT2D eigenvalue weighted by Gasteiger charge is 2.26. The van der Waals surface area contributed by atoms with Crippen molar-refractivity contribution in [3.63, 3.8) is 0 Å². The molecule has 0 atom stereocenters. The Morgan fingerprint density at radius 2 is 1.63 bits per heavy atom. The lowest BCUT2D eigenvalue weighted by atomic mass is 9.95. The molecule has 27 heavy (non-hydrogen) atoms. The molecule has 1 aromatic heterocycles. The highest BCUT2D eigenvalue weighted by molar-refractivity contribution is 5.30. The van der Waals surface area contributed by atoms with Crippen LogP contribution in [0.1, 0.15) is 59.9 Å². The van der Waals surface area contributed by atoms with Gasteiger partial charge < -0.3 is 4.57 Å². The van der Waals surface area contributed by atoms with Crippen molar-refractivity contribution >= 4 is 0 Å². The summed E-state index contributed by atoms with van der Waals surface area (Å²) in [6.07, 6.45) is 5.01. The van der Waals surface area contributed by atoms with Crippen molar-refractivity contribution in [3.8, 4) is 0 Å². The van der Waals surface area contributed by atoms with E-state index in [1.165, 1.54) is 61.3 Å². The molecule has 5 nitrogen and oxygen atoms in total. The van der Waals surface area contributed by atoms with E-state index in [4.69, 9.17) is 0 Å². The van der Waals surface area contributed by atoms with Crippen LogP contribution in [-0.4, -0.2) is 50.7 Å². The predicted molar refractivity (Wildman–Crippen MR) is 109 cm³/mol. The Labute approximate surface area is 163 Å². The molecule has 3 heterocycles. The number of hydrogen-bond acceptors (Lipinski definition) is 4. The molecule has 0 radical (unpaired) electrons. The number of aryl methyl sites for hydroxylation is 2. The summed E-state index contributed by atoms with van der Waals surface area (Å²) in [5.41, 5.74) is 4.23. The van der Waals surface area contributed by atoms with Crippen LogP contribution >= 0.6 is 0 Å². The fourth-order valence-corrected chi connectivity index (χ4v) is 4.62. The van der Waals surface area contributed by atoms with Gasteiger partial charge >= 0.3 is 0 Å². The maximum atomic E-state index is 4.58. The summed E-state index contributed by atoms with van der Waals surface area (Å²) in [6, 6.07) is 6.82. The maximum absolute atomic E-state index is 4.58. The van der Waals surface area contributed by atoms with Crippen LogP contribution in [-0.2, 0) is 20.1 Å². The van der Waals surface area contributed by atoms with Gasteiger partial charge in [-0.2, -0.15) is 0 Å². The van der Waals surface area contributed by atoms with Gasteiger partial charge in [-0.15, -0.1) is 10.2 Å². The zero-order valence-corrected chi connectivity index (χ0v) is 17.1. The normalized spacial score (nSPS) is 19.8. The first kappa shape index (κ1) is 18.6. The highest BCUT2D eigenvalue weighted by Crippen LogP contribution is 2.28. The summed E-state index contributed by atoms with van der Waals surface area (Å²) < 4.78 is 2.27. The van der Waals surface area contributed by atoms with Crippen LogP contribution in [0.5, 0.6) is 0 Å². The fourth-order valence-electron chi connectivity index (χ4n) is 4.62. The van der Waals surface area contributed by atoms with Crippen molar-refractivity contribution in [2.75, 3.05) is 26.2 Å². The van der Waals surface area contributed by atoms with Crippen molar-refractivity contribution in [1.29, 1.82) is 0 Å². The van der Waals surface area contributed by atoms with Crippen molar-refractivity contribution in [2.24, 2.45) is 7.05 Å². The fraction of sp³-hybridized carbons (Fsp3) is 0.636. The lowest BCUT2D eigenvalue weighted by Gasteiger charge is -2.32. The van der Waals surface area contributed by atoms with Crippen LogP contribution in [0.15, 0.2) is 18.2 Å². The van der Waals surface area contributed by atoms with Gasteiger partial charge in [-0.25, -0.2) is 0 Å². The third-order valence-corrected chi connectivity index (χ3v) is 6.41. The smallest absolute Gasteiger partial charge is 0.146 e. The minimum Gasteiger partial charge on any atom is -0.317 e. The summed E-state index contributed by atoms with van der Waals surface area (Å²) in [5, 5.41) is 9.10. The number of nitrogens with zero attached hydrogens (tertiary/aromatic N) is 5. The zero-order chi connectivity index (χ0) is 18.8. The average molecular weight is 368 g/mol. The molecule has 2 aromatic rings. The Morgan fingerprint density at radius 1 is 0.926 bits per heavy atom. The summed E-state index contributed by atoms with van der Waals surface area (Å²) in [5.74, 6) is 2.87. The van der Waals surface area contributed by atoms with E-state index in [0.29, 0.717) is 5.92 Å². The van der Waals surface area contributed by atoms with Gasteiger partial charge in [-0.3, -0.25) is 9.80 Å². The second kappa shape index (κ2) is 8.11. The molecule has 2 aliphatic rings. The Bertz CT molecular complexity index is 767. The predicted octanol–water partition coefficient (Wildman–Crippen LogP) is 3.41. The Hall–Kier alpha value is -1.72. The Balaban J connectivity index is 1.34. The number of piperidine rings is 1. The minimum atomic E-state index is 0.546. The summed E-state index contributed by atoms with van der Waals surface area (Å²) in [7, 11) is 2.16. The molecule has 0 bridgehead atoms. The first-order valence-corrected chi connectivity index (χ1v) is 10.5. The lowest BCUT2D eigenvalue weighted by molar-refractivity contribution is 0.200. The molecule has 5 heteroatoms. The number of hydrogen-bond donors (Lipinski definition) is 0. The van der Waals surface area contributed by atoms with Crippen LogP contribution in [0, 0.1) is 13.8 Å². The van der Waals surface area contributed by atoms with E-state index in [1.807, 2.05) is 0 Å². The Kier molecular flexibility index (Phi) is 5.60. The zero-order valence-electron chi connectivity index (χ0n) is 17.1. The van der Waals surface area contributed by atoms with E-state index in [0.717, 1.165) is 32.0 Å². The second-order valence-corrected chi connectivity index (χ2v) is 8.50. The molecular weight excluding hydrogens is 334 g/mol. The highest BCUT2D eigenvalue weighted by atomic mass is 15.3. The molecule has 2 aliphatic heterocycles. The van der Waals surface area contributed by atoms with Gasteiger partial charge in [0.25, 0.3) is 0 Å². The van der Waals surface area contributed by atoms with E-state index < -0.39 is 0 Å². The van der Waals surface area contributed by atoms with Gasteiger partial charge in [0.1, 0.15) is 11.6 Å². The monoisotopic (exact) mass is 367 g/mol. The van der Waals surface area contributed by atoms with Crippen LogP contribution < -0.4 is 0 Å². The molecule has 0 aliphatic carbocycles. The molecule has 0 spiro atoms. The van der Waals surface area contributed by atoms with E-state index in [2.05, 4.69) is 63.7 Å². The molecule has 0 N–H and O–H groups in total. The molecule has 0 unspecified atom stereocenters. The van der Waals surface area contributed by atoms with E-state index >= 15 is 0 Å². The third-order valence-electron chi connectivity index (χ3n) is 6.41. The van der Waals surface area contributed by atoms with Crippen molar-refractivity contribution < 1.29 is 0 Å². The first-order chi connectivity index (χ1) is 13.1. The summed E-state index contributed by atoms with van der Waals surface area (Å²) in [4.78, 5) is 5.09. The van der Waals surface area contributed by atoms with Gasteiger partial charge in [0, 0.05) is 19.5 Å². The van der Waals surface area contributed by atoms with Crippen molar-refractivity contribution in [2.45, 2.75) is 58.5 Å². The number of rotatable bonds is 5. The molecule has 4 rings (SSSR count). The van der Waals surface area contributed by atoms with Gasteiger partial charge in [-0.05, 0) is 76.8 Å². The number of aromatic nitrogens is 3. The van der Waals surface area contributed by atoms with Crippen molar-refractivity contribution in [1.82, 2.24) is 24.6 Å². The largest absolute Gasteiger partial charge is 0.317 e. The topological polar surface area (TPSA) is 37.2 Å². The van der Waals surface area contributed by atoms with Crippen molar-refractivity contribution in [3.05, 3.63) is 46.5 Å². The molecule has 1 aromatic carbocycles. The van der Waals surface area contributed by atoms with E-state index in [1.54, 1.807) is 0 Å². The SMILES string of the molecule is Cc1ccc(CN2CCC(c3nnc(CN4CCCC4)n3C)CC2)c(C)c1. The molecule has 146 valence electrons.